The lowest BCUT2D eigenvalue weighted by Gasteiger charge is -2.17. The van der Waals surface area contributed by atoms with Crippen LogP contribution in [0.2, 0.25) is 0 Å². The lowest BCUT2D eigenvalue weighted by Crippen LogP contribution is -2.29. The Labute approximate surface area is 120 Å². The lowest BCUT2D eigenvalue weighted by atomic mass is 9.98. The van der Waals surface area contributed by atoms with Gasteiger partial charge in [0.15, 0.2) is 0 Å². The van der Waals surface area contributed by atoms with E-state index >= 15 is 0 Å². The molecule has 106 valence electrons. The Hall–Kier alpha value is -1.95. The molecular formula is C14H16N2O3S. The van der Waals surface area contributed by atoms with Gasteiger partial charge in [0.05, 0.1) is 12.5 Å². The van der Waals surface area contributed by atoms with E-state index in [1.54, 1.807) is 32.1 Å². The van der Waals surface area contributed by atoms with Gasteiger partial charge in [-0.25, -0.2) is 4.79 Å². The van der Waals surface area contributed by atoms with E-state index in [2.05, 4.69) is 4.98 Å². The van der Waals surface area contributed by atoms with Gasteiger partial charge in [-0.2, -0.15) is 16.3 Å². The van der Waals surface area contributed by atoms with Crippen molar-refractivity contribution in [3.05, 3.63) is 49.8 Å². The number of carboxylic acid groups (broad SMARTS) is 1. The van der Waals surface area contributed by atoms with Gasteiger partial charge in [-0.15, -0.1) is 0 Å². The van der Waals surface area contributed by atoms with E-state index in [1.807, 2.05) is 16.8 Å². The van der Waals surface area contributed by atoms with Crippen molar-refractivity contribution in [3.63, 3.8) is 0 Å². The monoisotopic (exact) mass is 292 g/mol. The van der Waals surface area contributed by atoms with Crippen molar-refractivity contribution in [2.45, 2.75) is 33.2 Å². The summed E-state index contributed by atoms with van der Waals surface area (Å²) in [5, 5.41) is 13.1. The maximum Gasteiger partial charge on any atom is 0.348 e. The molecule has 2 aromatic heterocycles. The van der Waals surface area contributed by atoms with Gasteiger partial charge >= 0.3 is 11.7 Å². The molecule has 0 spiro atoms. The Kier molecular flexibility index (Phi) is 4.04. The average molecular weight is 292 g/mol. The molecule has 0 aliphatic heterocycles. The first-order chi connectivity index (χ1) is 9.41. The lowest BCUT2D eigenvalue weighted by molar-refractivity contribution is -0.138. The molecule has 0 saturated heterocycles. The van der Waals surface area contributed by atoms with E-state index in [0.717, 1.165) is 5.56 Å². The first kappa shape index (κ1) is 14.5. The van der Waals surface area contributed by atoms with Crippen LogP contribution in [0.3, 0.4) is 0 Å². The van der Waals surface area contributed by atoms with Gasteiger partial charge in [-0.3, -0.25) is 9.36 Å². The minimum absolute atomic E-state index is 0.340. The molecule has 0 saturated carbocycles. The van der Waals surface area contributed by atoms with Gasteiger partial charge in [0.1, 0.15) is 0 Å². The van der Waals surface area contributed by atoms with Crippen LogP contribution in [0.15, 0.2) is 21.6 Å². The number of rotatable bonds is 4. The van der Waals surface area contributed by atoms with Crippen LogP contribution in [0.4, 0.5) is 0 Å². The minimum Gasteiger partial charge on any atom is -0.481 e. The van der Waals surface area contributed by atoms with Crippen LogP contribution in [-0.4, -0.2) is 20.6 Å². The van der Waals surface area contributed by atoms with E-state index in [1.165, 1.54) is 4.57 Å². The van der Waals surface area contributed by atoms with Crippen molar-refractivity contribution in [1.29, 1.82) is 0 Å². The topological polar surface area (TPSA) is 72.2 Å². The Bertz CT molecular complexity index is 689. The van der Waals surface area contributed by atoms with Gasteiger partial charge in [-0.05, 0) is 43.2 Å². The molecule has 0 bridgehead atoms. The third kappa shape index (κ3) is 2.65. The number of hydrogen-bond donors (Lipinski definition) is 1. The fourth-order valence-corrected chi connectivity index (χ4v) is 2.98. The highest BCUT2D eigenvalue weighted by Crippen LogP contribution is 2.22. The first-order valence-electron chi connectivity index (χ1n) is 6.23. The Balaban J connectivity index is 2.55. The number of hydrogen-bond acceptors (Lipinski definition) is 4. The molecule has 0 radical (unpaired) electrons. The number of aliphatic carboxylic acids is 1. The van der Waals surface area contributed by atoms with E-state index in [0.29, 0.717) is 23.5 Å². The molecule has 0 aliphatic rings. The number of carbonyl (C=O) groups is 1. The van der Waals surface area contributed by atoms with Crippen LogP contribution in [0, 0.1) is 13.8 Å². The van der Waals surface area contributed by atoms with Crippen molar-refractivity contribution in [3.8, 4) is 0 Å². The summed E-state index contributed by atoms with van der Waals surface area (Å²) in [6.45, 7) is 5.48. The summed E-state index contributed by atoms with van der Waals surface area (Å²) >= 11 is 1.56. The summed E-state index contributed by atoms with van der Waals surface area (Å²) < 4.78 is 1.53. The van der Waals surface area contributed by atoms with Crippen molar-refractivity contribution in [2.75, 3.05) is 0 Å². The molecule has 1 N–H and O–H groups in total. The van der Waals surface area contributed by atoms with Gasteiger partial charge in [0, 0.05) is 17.0 Å². The van der Waals surface area contributed by atoms with Crippen LogP contribution >= 0.6 is 11.3 Å². The normalized spacial score (nSPS) is 12.3. The summed E-state index contributed by atoms with van der Waals surface area (Å²) in [6.07, 6.45) is 0. The highest BCUT2D eigenvalue weighted by molar-refractivity contribution is 7.07. The molecule has 2 heterocycles. The Morgan fingerprint density at radius 2 is 2.20 bits per heavy atom. The highest BCUT2D eigenvalue weighted by Gasteiger charge is 2.22. The molecule has 1 atom stereocenters. The molecule has 0 aromatic carbocycles. The molecule has 2 rings (SSSR count). The molecular weight excluding hydrogens is 276 g/mol. The number of aromatic nitrogens is 2. The van der Waals surface area contributed by atoms with Crippen molar-refractivity contribution in [2.24, 2.45) is 0 Å². The third-order valence-corrected chi connectivity index (χ3v) is 4.13. The second-order valence-electron chi connectivity index (χ2n) is 4.76. The summed E-state index contributed by atoms with van der Waals surface area (Å²) in [4.78, 5) is 27.2. The third-order valence-electron chi connectivity index (χ3n) is 3.40. The van der Waals surface area contributed by atoms with Crippen LogP contribution in [0.5, 0.6) is 0 Å². The largest absolute Gasteiger partial charge is 0.481 e. The zero-order valence-electron chi connectivity index (χ0n) is 11.6. The highest BCUT2D eigenvalue weighted by atomic mass is 32.1. The Morgan fingerprint density at radius 1 is 1.50 bits per heavy atom. The molecule has 0 aliphatic carbocycles. The second-order valence-corrected chi connectivity index (χ2v) is 5.54. The van der Waals surface area contributed by atoms with E-state index in [9.17, 15) is 14.7 Å². The summed E-state index contributed by atoms with van der Waals surface area (Å²) in [5.74, 6) is -1.60. The number of aryl methyl sites for hydroxylation is 1. The summed E-state index contributed by atoms with van der Waals surface area (Å²) in [5.41, 5.74) is 2.45. The standard InChI is InChI=1S/C14H16N2O3S/c1-8(13(17)18)12-9(2)15-14(19)16(10(12)3)6-11-4-5-20-7-11/h4-5,7-8H,6H2,1-3H3,(H,17,18). The molecule has 1 unspecified atom stereocenters. The SMILES string of the molecule is Cc1nc(=O)n(Cc2ccsc2)c(C)c1C(C)C(=O)O. The molecule has 5 nitrogen and oxygen atoms in total. The van der Waals surface area contributed by atoms with Gasteiger partial charge in [-0.1, -0.05) is 0 Å². The fourth-order valence-electron chi connectivity index (χ4n) is 2.32. The van der Waals surface area contributed by atoms with Crippen molar-refractivity contribution < 1.29 is 9.90 Å². The Morgan fingerprint density at radius 3 is 2.75 bits per heavy atom. The summed E-state index contributed by atoms with van der Waals surface area (Å²) in [6, 6.07) is 1.94. The molecule has 20 heavy (non-hydrogen) atoms. The van der Waals surface area contributed by atoms with E-state index < -0.39 is 11.9 Å². The molecule has 0 fully saturated rings. The number of thiophene rings is 1. The minimum atomic E-state index is -0.918. The predicted octanol–water partition coefficient (Wildman–Crippen LogP) is 2.16. The molecule has 6 heteroatoms. The smallest absolute Gasteiger partial charge is 0.348 e. The van der Waals surface area contributed by atoms with E-state index in [-0.39, 0.29) is 5.69 Å². The van der Waals surface area contributed by atoms with Crippen LogP contribution in [0.25, 0.3) is 0 Å². The van der Waals surface area contributed by atoms with Crippen molar-refractivity contribution >= 4 is 17.3 Å². The summed E-state index contributed by atoms with van der Waals surface area (Å²) in [7, 11) is 0. The van der Waals surface area contributed by atoms with Gasteiger partial charge in [0.2, 0.25) is 0 Å². The van der Waals surface area contributed by atoms with Crippen LogP contribution in [0.1, 0.15) is 35.4 Å². The maximum atomic E-state index is 12.0. The van der Waals surface area contributed by atoms with E-state index in [4.69, 9.17) is 0 Å². The zero-order valence-corrected chi connectivity index (χ0v) is 12.4. The maximum absolute atomic E-state index is 12.0. The van der Waals surface area contributed by atoms with Crippen LogP contribution < -0.4 is 5.69 Å². The second kappa shape index (κ2) is 5.58. The quantitative estimate of drug-likeness (QED) is 0.937. The zero-order chi connectivity index (χ0) is 14.9. The predicted molar refractivity (Wildman–Crippen MR) is 77.4 cm³/mol. The number of carboxylic acids is 1. The number of nitrogens with zero attached hydrogens (tertiary/aromatic N) is 2. The average Bonchev–Trinajstić information content (AvgIpc) is 2.86. The van der Waals surface area contributed by atoms with Gasteiger partial charge < -0.3 is 5.11 Å². The molecule has 0 amide bonds. The first-order valence-corrected chi connectivity index (χ1v) is 7.18. The molecule has 2 aromatic rings. The van der Waals surface area contributed by atoms with Crippen molar-refractivity contribution in [1.82, 2.24) is 9.55 Å². The fraction of sp³-hybridized carbons (Fsp3) is 0.357. The van der Waals surface area contributed by atoms with Gasteiger partial charge in [0.25, 0.3) is 0 Å². The van der Waals surface area contributed by atoms with Crippen LogP contribution in [-0.2, 0) is 11.3 Å².